The zero-order chi connectivity index (χ0) is 26.3. The third kappa shape index (κ3) is 7.49. The normalized spacial score (nSPS) is 18.4. The van der Waals surface area contributed by atoms with Crippen LogP contribution in [-0.4, -0.2) is 62.9 Å². The average molecular weight is 523 g/mol. The van der Waals surface area contributed by atoms with Crippen molar-refractivity contribution in [1.82, 2.24) is 10.2 Å². The topological polar surface area (TPSA) is 95.9 Å². The summed E-state index contributed by atoms with van der Waals surface area (Å²) in [5.74, 6) is -0.0780. The number of β-amino-alcohol motifs (C(OH)–C–C–N with tert-alkyl or cyclic N) is 1. The standard InChI is InChI=1S/C29H34N2O5S/c1-30-20-23-7-9-24(10-8-23)29(33)36-26-11-13-27(14-12-26)37(34,35)18-17-31-16-15-25(28(32)21-31)19-22-5-3-2-4-6-22/h2-14,25,28,30,32H,15-21H2,1H3/t25?,28-/m1/s1. The van der Waals surface area contributed by atoms with Crippen LogP contribution in [0, 0.1) is 5.92 Å². The summed E-state index contributed by atoms with van der Waals surface area (Å²) >= 11 is 0. The van der Waals surface area contributed by atoms with Crippen LogP contribution in [0.4, 0.5) is 0 Å². The molecule has 0 aromatic heterocycles. The smallest absolute Gasteiger partial charge is 0.343 e. The molecule has 3 aromatic carbocycles. The number of nitrogens with one attached hydrogen (secondary N) is 1. The maximum atomic E-state index is 12.9. The van der Waals surface area contributed by atoms with Gasteiger partial charge in [-0.1, -0.05) is 42.5 Å². The molecule has 1 heterocycles. The number of piperidine rings is 1. The van der Waals surface area contributed by atoms with Crippen molar-refractivity contribution in [2.45, 2.75) is 30.4 Å². The molecule has 196 valence electrons. The molecule has 7 nitrogen and oxygen atoms in total. The van der Waals surface area contributed by atoms with E-state index in [1.165, 1.54) is 29.8 Å². The first-order valence-corrected chi connectivity index (χ1v) is 14.2. The average Bonchev–Trinajstić information content (AvgIpc) is 2.90. The second-order valence-corrected chi connectivity index (χ2v) is 11.6. The van der Waals surface area contributed by atoms with E-state index in [9.17, 15) is 18.3 Å². The fraction of sp³-hybridized carbons (Fsp3) is 0.345. The lowest BCUT2D eigenvalue weighted by atomic mass is 9.88. The molecule has 1 aliphatic rings. The van der Waals surface area contributed by atoms with E-state index in [0.29, 0.717) is 25.2 Å². The van der Waals surface area contributed by atoms with Crippen molar-refractivity contribution in [1.29, 1.82) is 0 Å². The highest BCUT2D eigenvalue weighted by molar-refractivity contribution is 7.91. The summed E-state index contributed by atoms with van der Waals surface area (Å²) in [5.41, 5.74) is 2.69. The molecule has 1 saturated heterocycles. The van der Waals surface area contributed by atoms with E-state index in [4.69, 9.17) is 4.74 Å². The molecule has 1 aliphatic heterocycles. The number of esters is 1. The second-order valence-electron chi connectivity index (χ2n) is 9.51. The molecule has 2 atom stereocenters. The van der Waals surface area contributed by atoms with E-state index in [-0.39, 0.29) is 22.3 Å². The molecule has 0 amide bonds. The Balaban J connectivity index is 1.27. The summed E-state index contributed by atoms with van der Waals surface area (Å²) in [6.45, 7) is 2.29. The van der Waals surface area contributed by atoms with Crippen LogP contribution >= 0.6 is 0 Å². The Morgan fingerprint density at radius 2 is 1.70 bits per heavy atom. The summed E-state index contributed by atoms with van der Waals surface area (Å²) in [4.78, 5) is 14.6. The third-order valence-electron chi connectivity index (χ3n) is 6.79. The number of benzene rings is 3. The number of hydrogen-bond donors (Lipinski definition) is 2. The second kappa shape index (κ2) is 12.5. The van der Waals surface area contributed by atoms with E-state index in [1.807, 2.05) is 42.3 Å². The minimum absolute atomic E-state index is 0.0405. The lowest BCUT2D eigenvalue weighted by Crippen LogP contribution is -2.46. The van der Waals surface area contributed by atoms with Gasteiger partial charge < -0.3 is 15.2 Å². The van der Waals surface area contributed by atoms with Crippen LogP contribution < -0.4 is 10.1 Å². The Morgan fingerprint density at radius 1 is 1.00 bits per heavy atom. The van der Waals surface area contributed by atoms with E-state index >= 15 is 0 Å². The molecular formula is C29H34N2O5S. The van der Waals surface area contributed by atoms with Gasteiger partial charge in [0.2, 0.25) is 0 Å². The maximum absolute atomic E-state index is 12.9. The van der Waals surface area contributed by atoms with Gasteiger partial charge in [-0.25, -0.2) is 13.2 Å². The van der Waals surface area contributed by atoms with Crippen LogP contribution in [0.1, 0.15) is 27.9 Å². The highest BCUT2D eigenvalue weighted by atomic mass is 32.2. The zero-order valence-electron chi connectivity index (χ0n) is 21.0. The first-order chi connectivity index (χ1) is 17.8. The number of sulfone groups is 1. The highest BCUT2D eigenvalue weighted by Gasteiger charge is 2.28. The van der Waals surface area contributed by atoms with Gasteiger partial charge in [-0.05, 0) is 79.9 Å². The van der Waals surface area contributed by atoms with Crippen LogP contribution in [0.2, 0.25) is 0 Å². The minimum atomic E-state index is -3.52. The lowest BCUT2D eigenvalue weighted by molar-refractivity contribution is 0.0245. The number of carbonyl (C=O) groups is 1. The van der Waals surface area contributed by atoms with Crippen molar-refractivity contribution >= 4 is 15.8 Å². The molecule has 2 N–H and O–H groups in total. The van der Waals surface area contributed by atoms with Gasteiger partial charge >= 0.3 is 5.97 Å². The number of aliphatic hydroxyl groups is 1. The molecule has 3 aromatic rings. The van der Waals surface area contributed by atoms with Crippen molar-refractivity contribution in [3.63, 3.8) is 0 Å². The molecule has 0 radical (unpaired) electrons. The lowest BCUT2D eigenvalue weighted by Gasteiger charge is -2.36. The van der Waals surface area contributed by atoms with Gasteiger partial charge in [0.15, 0.2) is 9.84 Å². The van der Waals surface area contributed by atoms with E-state index in [0.717, 1.165) is 24.9 Å². The van der Waals surface area contributed by atoms with Gasteiger partial charge in [-0.2, -0.15) is 0 Å². The van der Waals surface area contributed by atoms with Crippen LogP contribution in [0.15, 0.2) is 83.8 Å². The first-order valence-electron chi connectivity index (χ1n) is 12.6. The Hall–Kier alpha value is -3.04. The Labute approximate surface area is 219 Å². The SMILES string of the molecule is CNCc1ccc(C(=O)Oc2ccc(S(=O)(=O)CCN3CCC(Cc4ccccc4)[C@H](O)C3)cc2)cc1. The van der Waals surface area contributed by atoms with Gasteiger partial charge in [-0.3, -0.25) is 4.90 Å². The Bertz CT molecular complexity index is 1260. The fourth-order valence-corrected chi connectivity index (χ4v) is 5.90. The van der Waals surface area contributed by atoms with Crippen LogP contribution in [-0.2, 0) is 22.8 Å². The molecule has 0 bridgehead atoms. The summed E-state index contributed by atoms with van der Waals surface area (Å²) in [5, 5.41) is 13.7. The molecular weight excluding hydrogens is 488 g/mol. The predicted octanol–water partition coefficient (Wildman–Crippen LogP) is 3.32. The zero-order valence-corrected chi connectivity index (χ0v) is 21.9. The largest absolute Gasteiger partial charge is 0.423 e. The first kappa shape index (κ1) is 27.0. The number of likely N-dealkylation sites (tertiary alicyclic amines) is 1. The number of hydrogen-bond acceptors (Lipinski definition) is 7. The molecule has 8 heteroatoms. The maximum Gasteiger partial charge on any atom is 0.343 e. The van der Waals surface area contributed by atoms with E-state index in [2.05, 4.69) is 17.4 Å². The number of carbonyl (C=O) groups excluding carboxylic acids is 1. The summed E-state index contributed by atoms with van der Waals surface area (Å²) in [6, 6.07) is 23.2. The molecule has 1 unspecified atom stereocenters. The number of nitrogens with zero attached hydrogens (tertiary/aromatic N) is 1. The van der Waals surface area contributed by atoms with Crippen molar-refractivity contribution in [2.75, 3.05) is 32.4 Å². The van der Waals surface area contributed by atoms with Gasteiger partial charge in [0, 0.05) is 19.6 Å². The minimum Gasteiger partial charge on any atom is -0.423 e. The number of rotatable bonds is 10. The van der Waals surface area contributed by atoms with Gasteiger partial charge in [0.1, 0.15) is 5.75 Å². The van der Waals surface area contributed by atoms with Crippen molar-refractivity contribution in [3.8, 4) is 5.75 Å². The predicted molar refractivity (Wildman–Crippen MR) is 143 cm³/mol. The molecule has 37 heavy (non-hydrogen) atoms. The van der Waals surface area contributed by atoms with Crippen LogP contribution in [0.3, 0.4) is 0 Å². The van der Waals surface area contributed by atoms with E-state index in [1.54, 1.807) is 12.1 Å². The van der Waals surface area contributed by atoms with Gasteiger partial charge in [-0.15, -0.1) is 0 Å². The monoisotopic (exact) mass is 522 g/mol. The summed E-state index contributed by atoms with van der Waals surface area (Å²) in [7, 11) is -1.66. The summed E-state index contributed by atoms with van der Waals surface area (Å²) in [6.07, 6.45) is 1.17. The van der Waals surface area contributed by atoms with Crippen molar-refractivity contribution in [3.05, 3.63) is 95.6 Å². The molecule has 0 aliphatic carbocycles. The number of aliphatic hydroxyl groups excluding tert-OH is 1. The van der Waals surface area contributed by atoms with E-state index < -0.39 is 21.9 Å². The van der Waals surface area contributed by atoms with Crippen LogP contribution in [0.5, 0.6) is 5.75 Å². The number of ether oxygens (including phenoxy) is 1. The molecule has 1 fully saturated rings. The Morgan fingerprint density at radius 3 is 2.35 bits per heavy atom. The van der Waals surface area contributed by atoms with Gasteiger partial charge in [0.25, 0.3) is 0 Å². The van der Waals surface area contributed by atoms with Crippen molar-refractivity contribution in [2.24, 2.45) is 5.92 Å². The Kier molecular flexibility index (Phi) is 9.10. The molecule has 0 saturated carbocycles. The molecule has 0 spiro atoms. The fourth-order valence-electron chi connectivity index (χ4n) is 4.61. The highest BCUT2D eigenvalue weighted by Crippen LogP contribution is 2.23. The summed E-state index contributed by atoms with van der Waals surface area (Å²) < 4.78 is 31.2. The third-order valence-corrected chi connectivity index (χ3v) is 8.50. The quantitative estimate of drug-likeness (QED) is 0.312. The van der Waals surface area contributed by atoms with Gasteiger partial charge in [0.05, 0.1) is 22.3 Å². The van der Waals surface area contributed by atoms with Crippen molar-refractivity contribution < 1.29 is 23.1 Å². The van der Waals surface area contributed by atoms with Crippen LogP contribution in [0.25, 0.3) is 0 Å². The molecule has 4 rings (SSSR count).